The van der Waals surface area contributed by atoms with E-state index in [1.165, 1.54) is 6.42 Å². The van der Waals surface area contributed by atoms with Crippen LogP contribution in [0, 0.1) is 0 Å². The summed E-state index contributed by atoms with van der Waals surface area (Å²) in [7, 11) is 1.73. The van der Waals surface area contributed by atoms with E-state index in [0.717, 1.165) is 45.8 Å². The standard InChI is InChI=1S/C12H25NO3/c1-11(9-14-2)13-6-4-7-15-10-12-5-3-8-16-12/h11-13H,3-10H2,1-2H3/t11-,12+/m0/s1. The predicted octanol–water partition coefficient (Wildman–Crippen LogP) is 1.20. The van der Waals surface area contributed by atoms with Crippen molar-refractivity contribution in [3.05, 3.63) is 0 Å². The molecule has 0 bridgehead atoms. The Balaban J connectivity index is 1.80. The van der Waals surface area contributed by atoms with E-state index in [-0.39, 0.29) is 0 Å². The maximum Gasteiger partial charge on any atom is 0.0809 e. The lowest BCUT2D eigenvalue weighted by atomic mass is 10.2. The van der Waals surface area contributed by atoms with Gasteiger partial charge in [-0.15, -0.1) is 0 Å². The van der Waals surface area contributed by atoms with Gasteiger partial charge in [0.1, 0.15) is 0 Å². The first-order valence-electron chi connectivity index (χ1n) is 6.24. The fourth-order valence-electron chi connectivity index (χ4n) is 1.82. The fraction of sp³-hybridized carbons (Fsp3) is 1.00. The number of hydrogen-bond donors (Lipinski definition) is 1. The Labute approximate surface area is 98.6 Å². The maximum atomic E-state index is 5.56. The third-order valence-corrected chi connectivity index (χ3v) is 2.70. The van der Waals surface area contributed by atoms with Gasteiger partial charge in [0.2, 0.25) is 0 Å². The Morgan fingerprint density at radius 2 is 2.38 bits per heavy atom. The van der Waals surface area contributed by atoms with Gasteiger partial charge < -0.3 is 19.5 Å². The second-order valence-electron chi connectivity index (χ2n) is 4.37. The first-order valence-corrected chi connectivity index (χ1v) is 6.24. The van der Waals surface area contributed by atoms with Crippen LogP contribution in [0.4, 0.5) is 0 Å². The van der Waals surface area contributed by atoms with Crippen LogP contribution in [0.1, 0.15) is 26.2 Å². The van der Waals surface area contributed by atoms with Gasteiger partial charge >= 0.3 is 0 Å². The van der Waals surface area contributed by atoms with Crippen molar-refractivity contribution in [2.24, 2.45) is 0 Å². The van der Waals surface area contributed by atoms with Crippen molar-refractivity contribution in [1.29, 1.82) is 0 Å². The summed E-state index contributed by atoms with van der Waals surface area (Å²) in [6.07, 6.45) is 3.73. The van der Waals surface area contributed by atoms with Crippen LogP contribution in [-0.2, 0) is 14.2 Å². The van der Waals surface area contributed by atoms with Crippen LogP contribution in [0.2, 0.25) is 0 Å². The van der Waals surface area contributed by atoms with E-state index >= 15 is 0 Å². The van der Waals surface area contributed by atoms with Crippen LogP contribution < -0.4 is 5.32 Å². The molecular formula is C12H25NO3. The predicted molar refractivity (Wildman–Crippen MR) is 63.8 cm³/mol. The molecule has 0 aromatic carbocycles. The van der Waals surface area contributed by atoms with Gasteiger partial charge in [0, 0.05) is 26.4 Å². The normalized spacial score (nSPS) is 22.5. The van der Waals surface area contributed by atoms with E-state index in [1.807, 2.05) is 0 Å². The molecule has 2 atom stereocenters. The molecule has 1 heterocycles. The highest BCUT2D eigenvalue weighted by Crippen LogP contribution is 2.11. The van der Waals surface area contributed by atoms with Gasteiger partial charge in [-0.05, 0) is 32.7 Å². The third kappa shape index (κ3) is 6.43. The van der Waals surface area contributed by atoms with Crippen molar-refractivity contribution < 1.29 is 14.2 Å². The molecule has 4 nitrogen and oxygen atoms in total. The lowest BCUT2D eigenvalue weighted by molar-refractivity contribution is 0.0164. The molecule has 4 heteroatoms. The molecule has 16 heavy (non-hydrogen) atoms. The molecule has 1 N–H and O–H groups in total. The monoisotopic (exact) mass is 231 g/mol. The van der Waals surface area contributed by atoms with E-state index in [9.17, 15) is 0 Å². The number of rotatable bonds is 9. The first kappa shape index (κ1) is 13.9. The van der Waals surface area contributed by atoms with E-state index < -0.39 is 0 Å². The summed E-state index contributed by atoms with van der Waals surface area (Å²) in [6.45, 7) is 6.34. The summed E-state index contributed by atoms with van der Waals surface area (Å²) < 4.78 is 16.1. The lowest BCUT2D eigenvalue weighted by Crippen LogP contribution is -2.31. The summed E-state index contributed by atoms with van der Waals surface area (Å²) in [5.74, 6) is 0. The van der Waals surface area contributed by atoms with Crippen molar-refractivity contribution >= 4 is 0 Å². The number of methoxy groups -OCH3 is 1. The highest BCUT2D eigenvalue weighted by Gasteiger charge is 2.14. The average molecular weight is 231 g/mol. The summed E-state index contributed by atoms with van der Waals surface area (Å²) >= 11 is 0. The van der Waals surface area contributed by atoms with Crippen molar-refractivity contribution in [1.82, 2.24) is 5.32 Å². The summed E-state index contributed by atoms with van der Waals surface area (Å²) in [5, 5.41) is 3.38. The van der Waals surface area contributed by atoms with E-state index in [0.29, 0.717) is 12.1 Å². The minimum absolute atomic E-state index is 0.348. The minimum atomic E-state index is 0.348. The van der Waals surface area contributed by atoms with Crippen molar-refractivity contribution in [2.75, 3.05) is 40.1 Å². The number of nitrogens with one attached hydrogen (secondary N) is 1. The van der Waals surface area contributed by atoms with Crippen LogP contribution in [0.3, 0.4) is 0 Å². The average Bonchev–Trinajstić information content (AvgIpc) is 2.76. The largest absolute Gasteiger partial charge is 0.383 e. The molecule has 1 fully saturated rings. The summed E-state index contributed by atoms with van der Waals surface area (Å²) in [4.78, 5) is 0. The Kier molecular flexibility index (Phi) is 7.76. The Bertz CT molecular complexity index is 160. The zero-order valence-electron chi connectivity index (χ0n) is 10.5. The molecule has 1 saturated heterocycles. The van der Waals surface area contributed by atoms with Crippen LogP contribution in [0.5, 0.6) is 0 Å². The fourth-order valence-corrected chi connectivity index (χ4v) is 1.82. The smallest absolute Gasteiger partial charge is 0.0809 e. The Morgan fingerprint density at radius 3 is 3.06 bits per heavy atom. The topological polar surface area (TPSA) is 39.7 Å². The summed E-state index contributed by atoms with van der Waals surface area (Å²) in [6, 6.07) is 0.420. The maximum absolute atomic E-state index is 5.56. The molecule has 0 aromatic heterocycles. The van der Waals surface area contributed by atoms with Crippen LogP contribution in [0.25, 0.3) is 0 Å². The SMILES string of the molecule is COC[C@H](C)NCCCOC[C@H]1CCCO1. The van der Waals surface area contributed by atoms with Crippen LogP contribution in [-0.4, -0.2) is 52.2 Å². The van der Waals surface area contributed by atoms with Gasteiger partial charge in [-0.1, -0.05) is 0 Å². The second-order valence-corrected chi connectivity index (χ2v) is 4.37. The van der Waals surface area contributed by atoms with E-state index in [1.54, 1.807) is 7.11 Å². The minimum Gasteiger partial charge on any atom is -0.383 e. The molecule has 0 amide bonds. The molecule has 0 saturated carbocycles. The lowest BCUT2D eigenvalue weighted by Gasteiger charge is -2.13. The zero-order valence-corrected chi connectivity index (χ0v) is 10.5. The molecule has 96 valence electrons. The zero-order chi connectivity index (χ0) is 11.6. The molecule has 1 aliphatic heterocycles. The van der Waals surface area contributed by atoms with Gasteiger partial charge in [0.25, 0.3) is 0 Å². The van der Waals surface area contributed by atoms with Crippen LogP contribution in [0.15, 0.2) is 0 Å². The number of hydrogen-bond acceptors (Lipinski definition) is 4. The molecular weight excluding hydrogens is 206 g/mol. The van der Waals surface area contributed by atoms with Crippen molar-refractivity contribution in [2.45, 2.75) is 38.3 Å². The van der Waals surface area contributed by atoms with Gasteiger partial charge in [-0.2, -0.15) is 0 Å². The van der Waals surface area contributed by atoms with E-state index in [4.69, 9.17) is 14.2 Å². The molecule has 1 rings (SSSR count). The Morgan fingerprint density at radius 1 is 1.50 bits per heavy atom. The van der Waals surface area contributed by atoms with E-state index in [2.05, 4.69) is 12.2 Å². The Hall–Kier alpha value is -0.160. The van der Waals surface area contributed by atoms with Crippen LogP contribution >= 0.6 is 0 Å². The molecule has 0 aliphatic carbocycles. The van der Waals surface area contributed by atoms with Crippen molar-refractivity contribution in [3.63, 3.8) is 0 Å². The second kappa shape index (κ2) is 8.93. The van der Waals surface area contributed by atoms with Gasteiger partial charge in [-0.25, -0.2) is 0 Å². The van der Waals surface area contributed by atoms with Crippen molar-refractivity contribution in [3.8, 4) is 0 Å². The number of ether oxygens (including phenoxy) is 3. The highest BCUT2D eigenvalue weighted by atomic mass is 16.5. The first-order chi connectivity index (χ1) is 7.83. The molecule has 1 aliphatic rings. The third-order valence-electron chi connectivity index (χ3n) is 2.70. The quantitative estimate of drug-likeness (QED) is 0.605. The van der Waals surface area contributed by atoms with Gasteiger partial charge in [0.05, 0.1) is 19.3 Å². The molecule has 0 aromatic rings. The molecule has 0 unspecified atom stereocenters. The summed E-state index contributed by atoms with van der Waals surface area (Å²) in [5.41, 5.74) is 0. The van der Waals surface area contributed by atoms with Gasteiger partial charge in [-0.3, -0.25) is 0 Å². The highest BCUT2D eigenvalue weighted by molar-refractivity contribution is 4.63. The molecule has 0 radical (unpaired) electrons. The molecule has 0 spiro atoms. The van der Waals surface area contributed by atoms with Gasteiger partial charge in [0.15, 0.2) is 0 Å².